The van der Waals surface area contributed by atoms with Gasteiger partial charge in [-0.05, 0) is 61.7 Å². The Bertz CT molecular complexity index is 398. The minimum atomic E-state index is -2.02. The van der Waals surface area contributed by atoms with Gasteiger partial charge in [-0.15, -0.1) is 0 Å². The standard InChI is InChI=1S/C14H26N2OS/c1-16-18(17,3-2-15)9-14-12-5-10-4-11(7-12)8-13(14)6-10/h10-14H,2-9,15H2,1H3. The monoisotopic (exact) mass is 270 g/mol. The highest BCUT2D eigenvalue weighted by molar-refractivity contribution is 7.93. The van der Waals surface area contributed by atoms with Crippen molar-refractivity contribution in [3.8, 4) is 0 Å². The lowest BCUT2D eigenvalue weighted by molar-refractivity contribution is -0.0266. The summed E-state index contributed by atoms with van der Waals surface area (Å²) in [6.07, 6.45) is 7.09. The van der Waals surface area contributed by atoms with E-state index in [1.54, 1.807) is 7.05 Å². The third kappa shape index (κ3) is 2.22. The fourth-order valence-corrected chi connectivity index (χ4v) is 7.06. The van der Waals surface area contributed by atoms with Crippen molar-refractivity contribution in [2.45, 2.75) is 32.1 Å². The van der Waals surface area contributed by atoms with E-state index in [1.165, 1.54) is 32.1 Å². The Labute approximate surface area is 111 Å². The molecule has 4 saturated carbocycles. The topological polar surface area (TPSA) is 55.5 Å². The van der Waals surface area contributed by atoms with Gasteiger partial charge in [-0.25, -0.2) is 8.57 Å². The summed E-state index contributed by atoms with van der Waals surface area (Å²) in [5, 5.41) is 0. The van der Waals surface area contributed by atoms with Crippen LogP contribution >= 0.6 is 0 Å². The van der Waals surface area contributed by atoms with E-state index in [1.807, 2.05) is 0 Å². The number of nitrogens with zero attached hydrogens (tertiary/aromatic N) is 1. The zero-order valence-corrected chi connectivity index (χ0v) is 12.2. The van der Waals surface area contributed by atoms with Gasteiger partial charge in [0.05, 0.1) is 0 Å². The van der Waals surface area contributed by atoms with Crippen molar-refractivity contribution in [1.29, 1.82) is 0 Å². The molecule has 0 saturated heterocycles. The van der Waals surface area contributed by atoms with Gasteiger partial charge in [-0.1, -0.05) is 0 Å². The first-order valence-corrected chi connectivity index (χ1v) is 9.29. The number of nitrogens with two attached hydrogens (primary N) is 1. The van der Waals surface area contributed by atoms with Crippen molar-refractivity contribution >= 4 is 9.73 Å². The van der Waals surface area contributed by atoms with Crippen LogP contribution in [0, 0.1) is 29.6 Å². The highest BCUT2D eigenvalue weighted by Gasteiger charge is 2.48. The van der Waals surface area contributed by atoms with Gasteiger partial charge < -0.3 is 5.73 Å². The molecule has 1 atom stereocenters. The molecule has 0 heterocycles. The van der Waals surface area contributed by atoms with Crippen LogP contribution in [0.15, 0.2) is 4.36 Å². The fraction of sp³-hybridized carbons (Fsp3) is 1.00. The average Bonchev–Trinajstić information content (AvgIpc) is 2.33. The molecule has 0 amide bonds. The molecular weight excluding hydrogens is 244 g/mol. The van der Waals surface area contributed by atoms with Crippen LogP contribution in [0.3, 0.4) is 0 Å². The predicted octanol–water partition coefficient (Wildman–Crippen LogP) is 2.12. The minimum Gasteiger partial charge on any atom is -0.330 e. The summed E-state index contributed by atoms with van der Waals surface area (Å²) in [6.45, 7) is 0.503. The van der Waals surface area contributed by atoms with E-state index in [0.29, 0.717) is 18.2 Å². The van der Waals surface area contributed by atoms with Gasteiger partial charge in [0.2, 0.25) is 0 Å². The maximum atomic E-state index is 12.7. The maximum absolute atomic E-state index is 12.7. The van der Waals surface area contributed by atoms with Crippen molar-refractivity contribution in [2.24, 2.45) is 39.7 Å². The molecule has 4 bridgehead atoms. The van der Waals surface area contributed by atoms with E-state index in [4.69, 9.17) is 5.73 Å². The van der Waals surface area contributed by atoms with E-state index >= 15 is 0 Å². The number of hydrogen-bond acceptors (Lipinski definition) is 3. The molecule has 2 N–H and O–H groups in total. The Morgan fingerprint density at radius 1 is 1.11 bits per heavy atom. The Morgan fingerprint density at radius 3 is 2.11 bits per heavy atom. The Hall–Kier alpha value is -0.0900. The molecule has 4 fully saturated rings. The molecule has 18 heavy (non-hydrogen) atoms. The van der Waals surface area contributed by atoms with E-state index < -0.39 is 9.73 Å². The van der Waals surface area contributed by atoms with Gasteiger partial charge in [-0.2, -0.15) is 0 Å². The molecule has 4 heteroatoms. The van der Waals surface area contributed by atoms with Crippen LogP contribution in [0.5, 0.6) is 0 Å². The van der Waals surface area contributed by atoms with Crippen LogP contribution in [0.25, 0.3) is 0 Å². The molecule has 4 rings (SSSR count). The van der Waals surface area contributed by atoms with Crippen LogP contribution in [-0.4, -0.2) is 29.3 Å². The van der Waals surface area contributed by atoms with Crippen molar-refractivity contribution in [3.05, 3.63) is 0 Å². The average molecular weight is 270 g/mol. The third-order valence-corrected chi connectivity index (χ3v) is 8.09. The van der Waals surface area contributed by atoms with Crippen LogP contribution in [0.4, 0.5) is 0 Å². The van der Waals surface area contributed by atoms with Crippen molar-refractivity contribution in [1.82, 2.24) is 0 Å². The van der Waals surface area contributed by atoms with Crippen LogP contribution in [0.1, 0.15) is 32.1 Å². The maximum Gasteiger partial charge on any atom is 0.0480 e. The second-order valence-corrected chi connectivity index (χ2v) is 9.36. The molecule has 1 unspecified atom stereocenters. The van der Waals surface area contributed by atoms with E-state index in [-0.39, 0.29) is 0 Å². The van der Waals surface area contributed by atoms with Crippen LogP contribution < -0.4 is 5.73 Å². The van der Waals surface area contributed by atoms with Crippen molar-refractivity contribution in [3.63, 3.8) is 0 Å². The molecule has 104 valence electrons. The summed E-state index contributed by atoms with van der Waals surface area (Å²) in [7, 11) is -0.305. The molecular formula is C14H26N2OS. The highest BCUT2D eigenvalue weighted by Crippen LogP contribution is 2.56. The van der Waals surface area contributed by atoms with Gasteiger partial charge in [0.25, 0.3) is 0 Å². The quantitative estimate of drug-likeness (QED) is 0.850. The molecule has 0 aromatic rings. The van der Waals surface area contributed by atoms with Gasteiger partial charge in [0.15, 0.2) is 0 Å². The summed E-state index contributed by atoms with van der Waals surface area (Å²) in [6, 6.07) is 0. The number of hydrogen-bond donors (Lipinski definition) is 1. The second-order valence-electron chi connectivity index (χ2n) is 6.71. The first-order chi connectivity index (χ1) is 8.63. The van der Waals surface area contributed by atoms with Crippen LogP contribution in [-0.2, 0) is 9.73 Å². The van der Waals surface area contributed by atoms with Gasteiger partial charge >= 0.3 is 0 Å². The molecule has 4 aliphatic carbocycles. The summed E-state index contributed by atoms with van der Waals surface area (Å²) in [4.78, 5) is 0. The molecule has 3 nitrogen and oxygen atoms in total. The Kier molecular flexibility index (Phi) is 3.43. The second kappa shape index (κ2) is 4.78. The first-order valence-electron chi connectivity index (χ1n) is 7.44. The van der Waals surface area contributed by atoms with Gasteiger partial charge in [0, 0.05) is 34.8 Å². The third-order valence-electron chi connectivity index (χ3n) is 5.64. The Morgan fingerprint density at radius 2 is 1.67 bits per heavy atom. The Balaban J connectivity index is 1.75. The zero-order valence-electron chi connectivity index (χ0n) is 11.4. The summed E-state index contributed by atoms with van der Waals surface area (Å²) in [5.41, 5.74) is 5.60. The van der Waals surface area contributed by atoms with Gasteiger partial charge in [-0.3, -0.25) is 0 Å². The molecule has 0 aromatic heterocycles. The van der Waals surface area contributed by atoms with Crippen LogP contribution in [0.2, 0.25) is 0 Å². The van der Waals surface area contributed by atoms with E-state index in [0.717, 1.165) is 29.4 Å². The van der Waals surface area contributed by atoms with Crippen molar-refractivity contribution < 1.29 is 4.21 Å². The first kappa shape index (κ1) is 12.9. The van der Waals surface area contributed by atoms with E-state index in [9.17, 15) is 4.21 Å². The minimum absolute atomic E-state index is 0.503. The van der Waals surface area contributed by atoms with Gasteiger partial charge in [0.1, 0.15) is 0 Å². The molecule has 0 radical (unpaired) electrons. The molecule has 0 spiro atoms. The summed E-state index contributed by atoms with van der Waals surface area (Å²) < 4.78 is 16.9. The largest absolute Gasteiger partial charge is 0.330 e. The number of rotatable bonds is 4. The lowest BCUT2D eigenvalue weighted by atomic mass is 9.52. The SMILES string of the molecule is CN=S(=O)(CCN)CC1C2CC3CC(C2)CC1C3. The highest BCUT2D eigenvalue weighted by atomic mass is 32.2. The lowest BCUT2D eigenvalue weighted by Gasteiger charge is -2.54. The lowest BCUT2D eigenvalue weighted by Crippen LogP contribution is -2.47. The predicted molar refractivity (Wildman–Crippen MR) is 75.8 cm³/mol. The smallest absolute Gasteiger partial charge is 0.0480 e. The fourth-order valence-electron chi connectivity index (χ4n) is 5.04. The molecule has 4 aliphatic rings. The normalized spacial score (nSPS) is 44.9. The van der Waals surface area contributed by atoms with E-state index in [2.05, 4.69) is 4.36 Å². The zero-order chi connectivity index (χ0) is 12.8. The summed E-state index contributed by atoms with van der Waals surface area (Å²) >= 11 is 0. The molecule has 0 aromatic carbocycles. The molecule has 0 aliphatic heterocycles. The summed E-state index contributed by atoms with van der Waals surface area (Å²) in [5.74, 6) is 5.78. The van der Waals surface area contributed by atoms with Crippen molar-refractivity contribution in [2.75, 3.05) is 25.1 Å².